The topological polar surface area (TPSA) is 29.6 Å². The molecule has 0 aromatic heterocycles. The van der Waals surface area contributed by atoms with Crippen LogP contribution in [0, 0.1) is 5.41 Å². The summed E-state index contributed by atoms with van der Waals surface area (Å²) < 4.78 is 5.65. The van der Waals surface area contributed by atoms with E-state index in [0.29, 0.717) is 0 Å². The molecule has 0 N–H and O–H groups in total. The van der Waals surface area contributed by atoms with Crippen LogP contribution >= 0.6 is 0 Å². The Hall–Kier alpha value is -1.67. The normalized spacial score (nSPS) is 22.5. The first-order chi connectivity index (χ1) is 8.98. The number of fused-ring (bicyclic) bond motifs is 1. The number of rotatable bonds is 2. The van der Waals surface area contributed by atoms with E-state index in [4.69, 9.17) is 4.74 Å². The molecule has 1 aliphatic heterocycles. The maximum atomic E-state index is 12.2. The van der Waals surface area contributed by atoms with Crippen molar-refractivity contribution in [2.45, 2.75) is 33.0 Å². The highest BCUT2D eigenvalue weighted by Gasteiger charge is 2.49. The molecule has 1 fully saturated rings. The van der Waals surface area contributed by atoms with Crippen molar-refractivity contribution < 1.29 is 9.53 Å². The molecule has 0 bridgehead atoms. The number of Topliss-reactive ketones (excluding diaryl/α,β-unsaturated/α-hetero) is 1. The van der Waals surface area contributed by atoms with E-state index in [0.717, 1.165) is 5.56 Å². The Kier molecular flexibility index (Phi) is 2.72. The van der Waals surface area contributed by atoms with Gasteiger partial charge in [-0.1, -0.05) is 63.2 Å². The quantitative estimate of drug-likeness (QED) is 0.761. The number of hydrogen-bond donors (Lipinski definition) is 0. The molecule has 0 amide bonds. The van der Waals surface area contributed by atoms with E-state index in [1.807, 2.05) is 39.0 Å². The zero-order valence-electron chi connectivity index (χ0n) is 11.5. The van der Waals surface area contributed by atoms with Crippen molar-refractivity contribution in [2.24, 2.45) is 5.41 Å². The minimum absolute atomic E-state index is 0.0715. The fourth-order valence-electron chi connectivity index (χ4n) is 2.47. The predicted octanol–water partition coefficient (Wildman–Crippen LogP) is 3.89. The van der Waals surface area contributed by atoms with Crippen LogP contribution in [0.3, 0.4) is 0 Å². The molecule has 0 unspecified atom stereocenters. The first kappa shape index (κ1) is 12.4. The predicted molar refractivity (Wildman–Crippen MR) is 76.0 cm³/mol. The number of carbonyl (C=O) groups excluding carboxylic acids is 1. The Morgan fingerprint density at radius 3 is 2.47 bits per heavy atom. The molecule has 98 valence electrons. The Morgan fingerprint density at radius 2 is 1.74 bits per heavy atom. The van der Waals surface area contributed by atoms with Gasteiger partial charge in [-0.15, -0.1) is 0 Å². The summed E-state index contributed by atoms with van der Waals surface area (Å²) >= 11 is 0. The molecule has 0 aliphatic carbocycles. The molecule has 2 atom stereocenters. The molecular formula is C17H18O2. The van der Waals surface area contributed by atoms with Crippen molar-refractivity contribution in [3.8, 4) is 0 Å². The van der Waals surface area contributed by atoms with Gasteiger partial charge >= 0.3 is 0 Å². The van der Waals surface area contributed by atoms with E-state index in [-0.39, 0.29) is 23.4 Å². The molecular weight excluding hydrogens is 236 g/mol. The van der Waals surface area contributed by atoms with Crippen LogP contribution in [0.15, 0.2) is 42.5 Å². The third kappa shape index (κ3) is 2.17. The van der Waals surface area contributed by atoms with E-state index in [1.165, 1.54) is 10.8 Å². The third-order valence-electron chi connectivity index (χ3n) is 3.62. The number of benzene rings is 2. The summed E-state index contributed by atoms with van der Waals surface area (Å²) in [5.41, 5.74) is 0.782. The Labute approximate surface area is 113 Å². The summed E-state index contributed by atoms with van der Waals surface area (Å²) in [6.07, 6.45) is -0.344. The fourth-order valence-corrected chi connectivity index (χ4v) is 2.47. The van der Waals surface area contributed by atoms with Crippen molar-refractivity contribution in [2.75, 3.05) is 0 Å². The van der Waals surface area contributed by atoms with E-state index in [2.05, 4.69) is 24.3 Å². The van der Waals surface area contributed by atoms with Gasteiger partial charge in [-0.25, -0.2) is 0 Å². The van der Waals surface area contributed by atoms with Crippen LogP contribution in [0.5, 0.6) is 0 Å². The lowest BCUT2D eigenvalue weighted by Gasteiger charge is -2.14. The molecule has 1 saturated heterocycles. The second-order valence-corrected chi connectivity index (χ2v) is 6.16. The summed E-state index contributed by atoms with van der Waals surface area (Å²) in [6.45, 7) is 5.82. The van der Waals surface area contributed by atoms with Crippen LogP contribution in [0.1, 0.15) is 32.4 Å². The number of hydrogen-bond acceptors (Lipinski definition) is 2. The highest BCUT2D eigenvalue weighted by molar-refractivity contribution is 5.93. The lowest BCUT2D eigenvalue weighted by Crippen LogP contribution is -2.25. The zero-order chi connectivity index (χ0) is 13.6. The van der Waals surface area contributed by atoms with Crippen LogP contribution in [-0.2, 0) is 9.53 Å². The SMILES string of the molecule is CC(C)(C)C(=O)[C@@H]1O[C@H]1c1cccc2ccccc12. The van der Waals surface area contributed by atoms with Gasteiger partial charge in [0, 0.05) is 5.41 Å². The molecule has 1 aliphatic rings. The van der Waals surface area contributed by atoms with E-state index < -0.39 is 0 Å². The summed E-state index contributed by atoms with van der Waals surface area (Å²) in [4.78, 5) is 12.2. The summed E-state index contributed by atoms with van der Waals surface area (Å²) in [5.74, 6) is 0.186. The Bertz CT molecular complexity index is 632. The molecule has 0 radical (unpaired) electrons. The highest BCUT2D eigenvalue weighted by atomic mass is 16.6. The van der Waals surface area contributed by atoms with E-state index in [1.54, 1.807) is 0 Å². The van der Waals surface area contributed by atoms with Crippen molar-refractivity contribution in [1.82, 2.24) is 0 Å². The van der Waals surface area contributed by atoms with E-state index >= 15 is 0 Å². The molecule has 3 rings (SSSR count). The summed E-state index contributed by atoms with van der Waals surface area (Å²) in [7, 11) is 0. The van der Waals surface area contributed by atoms with Crippen LogP contribution in [0.25, 0.3) is 10.8 Å². The van der Waals surface area contributed by atoms with Gasteiger partial charge in [0.2, 0.25) is 0 Å². The summed E-state index contributed by atoms with van der Waals surface area (Å²) in [5, 5.41) is 2.37. The maximum absolute atomic E-state index is 12.2. The zero-order valence-corrected chi connectivity index (χ0v) is 11.5. The van der Waals surface area contributed by atoms with Gasteiger partial charge in [0.25, 0.3) is 0 Å². The fraction of sp³-hybridized carbons (Fsp3) is 0.353. The van der Waals surface area contributed by atoms with Gasteiger partial charge < -0.3 is 4.74 Å². The molecule has 2 aromatic rings. The molecule has 0 saturated carbocycles. The lowest BCUT2D eigenvalue weighted by atomic mass is 9.87. The first-order valence-electron chi connectivity index (χ1n) is 6.66. The van der Waals surface area contributed by atoms with Crippen molar-refractivity contribution in [3.05, 3.63) is 48.0 Å². The van der Waals surface area contributed by atoms with Crippen molar-refractivity contribution in [3.63, 3.8) is 0 Å². The smallest absolute Gasteiger partial charge is 0.169 e. The standard InChI is InChI=1S/C17H18O2/c1-17(2,3)16(18)15-14(19-15)13-10-6-8-11-7-4-5-9-12(11)13/h4-10,14-15H,1-3H3/t14-,15+/m0/s1. The molecule has 1 heterocycles. The Balaban J connectivity index is 1.94. The maximum Gasteiger partial charge on any atom is 0.169 e. The molecule has 2 heteroatoms. The first-order valence-corrected chi connectivity index (χ1v) is 6.66. The Morgan fingerprint density at radius 1 is 1.05 bits per heavy atom. The average molecular weight is 254 g/mol. The lowest BCUT2D eigenvalue weighted by molar-refractivity contribution is -0.127. The summed E-state index contributed by atoms with van der Waals surface area (Å²) in [6, 6.07) is 14.4. The second kappa shape index (κ2) is 4.17. The van der Waals surface area contributed by atoms with Crippen LogP contribution in [0.4, 0.5) is 0 Å². The van der Waals surface area contributed by atoms with E-state index in [9.17, 15) is 4.79 Å². The van der Waals surface area contributed by atoms with Crippen LogP contribution < -0.4 is 0 Å². The van der Waals surface area contributed by atoms with Crippen molar-refractivity contribution >= 4 is 16.6 Å². The number of ketones is 1. The number of epoxide rings is 1. The van der Waals surface area contributed by atoms with Gasteiger partial charge in [-0.3, -0.25) is 4.79 Å². The minimum atomic E-state index is -0.343. The van der Waals surface area contributed by atoms with Crippen LogP contribution in [-0.4, -0.2) is 11.9 Å². The van der Waals surface area contributed by atoms with Gasteiger partial charge in [-0.05, 0) is 16.3 Å². The number of carbonyl (C=O) groups is 1. The molecule has 19 heavy (non-hydrogen) atoms. The van der Waals surface area contributed by atoms with Gasteiger partial charge in [0.05, 0.1) is 0 Å². The highest BCUT2D eigenvalue weighted by Crippen LogP contribution is 2.44. The molecule has 2 aromatic carbocycles. The minimum Gasteiger partial charge on any atom is -0.356 e. The van der Waals surface area contributed by atoms with Gasteiger partial charge in [0.1, 0.15) is 12.2 Å². The third-order valence-corrected chi connectivity index (χ3v) is 3.62. The van der Waals surface area contributed by atoms with Gasteiger partial charge in [-0.2, -0.15) is 0 Å². The largest absolute Gasteiger partial charge is 0.356 e. The van der Waals surface area contributed by atoms with Crippen molar-refractivity contribution in [1.29, 1.82) is 0 Å². The molecule has 0 spiro atoms. The average Bonchev–Trinajstić information content (AvgIpc) is 3.16. The monoisotopic (exact) mass is 254 g/mol. The second-order valence-electron chi connectivity index (χ2n) is 6.16. The molecule has 2 nitrogen and oxygen atoms in total. The van der Waals surface area contributed by atoms with Crippen LogP contribution in [0.2, 0.25) is 0 Å². The number of ether oxygens (including phenoxy) is 1. The van der Waals surface area contributed by atoms with Gasteiger partial charge in [0.15, 0.2) is 5.78 Å².